The summed E-state index contributed by atoms with van der Waals surface area (Å²) < 4.78 is 0. The van der Waals surface area contributed by atoms with Gasteiger partial charge in [-0.05, 0) is 49.3 Å². The quantitative estimate of drug-likeness (QED) is 0.913. The Morgan fingerprint density at radius 3 is 2.75 bits per heavy atom. The zero-order valence-electron chi connectivity index (χ0n) is 13.6. The van der Waals surface area contributed by atoms with E-state index in [1.807, 2.05) is 17.0 Å². The van der Waals surface area contributed by atoms with Crippen molar-refractivity contribution in [3.63, 3.8) is 0 Å². The van der Waals surface area contributed by atoms with Gasteiger partial charge in [-0.2, -0.15) is 0 Å². The van der Waals surface area contributed by atoms with Gasteiger partial charge in [0.2, 0.25) is 0 Å². The lowest BCUT2D eigenvalue weighted by atomic mass is 10.2. The second-order valence-electron chi connectivity index (χ2n) is 6.40. The second kappa shape index (κ2) is 6.81. The van der Waals surface area contributed by atoms with Crippen LogP contribution in [-0.2, 0) is 0 Å². The van der Waals surface area contributed by atoms with Crippen LogP contribution >= 0.6 is 11.3 Å². The number of rotatable bonds is 3. The van der Waals surface area contributed by atoms with Gasteiger partial charge >= 0.3 is 6.03 Å². The fraction of sp³-hybridized carbons (Fsp3) is 0.444. The molecule has 5 nitrogen and oxygen atoms in total. The van der Waals surface area contributed by atoms with Gasteiger partial charge in [0.25, 0.3) is 0 Å². The number of thiophene rings is 1. The highest BCUT2D eigenvalue weighted by Crippen LogP contribution is 2.34. The van der Waals surface area contributed by atoms with E-state index >= 15 is 0 Å². The van der Waals surface area contributed by atoms with Gasteiger partial charge < -0.3 is 15.1 Å². The number of nitrogens with one attached hydrogen (secondary N) is 1. The molecule has 0 aliphatic carbocycles. The summed E-state index contributed by atoms with van der Waals surface area (Å²) in [6.07, 6.45) is 6.34. The number of hydrogen-bond acceptors (Lipinski definition) is 4. The van der Waals surface area contributed by atoms with Gasteiger partial charge in [0, 0.05) is 24.5 Å². The number of urea groups is 1. The molecule has 2 amide bonds. The minimum absolute atomic E-state index is 0.0263. The molecular formula is C18H22N4OS. The monoisotopic (exact) mass is 342 g/mol. The lowest BCUT2D eigenvalue weighted by Crippen LogP contribution is -2.34. The normalized spacial score (nSPS) is 20.6. The van der Waals surface area contributed by atoms with E-state index in [1.165, 1.54) is 17.7 Å². The molecule has 2 saturated heterocycles. The summed E-state index contributed by atoms with van der Waals surface area (Å²) in [7, 11) is 0. The summed E-state index contributed by atoms with van der Waals surface area (Å²) in [5, 5.41) is 5.08. The third kappa shape index (κ3) is 3.11. The van der Waals surface area contributed by atoms with Crippen molar-refractivity contribution in [2.24, 2.45) is 0 Å². The summed E-state index contributed by atoms with van der Waals surface area (Å²) in [6.45, 7) is 2.97. The third-order valence-corrected chi connectivity index (χ3v) is 5.79. The second-order valence-corrected chi connectivity index (χ2v) is 7.38. The Morgan fingerprint density at radius 2 is 2.04 bits per heavy atom. The molecule has 0 spiro atoms. The molecule has 0 saturated carbocycles. The van der Waals surface area contributed by atoms with Crippen molar-refractivity contribution in [2.45, 2.75) is 31.7 Å². The summed E-state index contributed by atoms with van der Waals surface area (Å²) in [5.74, 6) is 1.00. The van der Waals surface area contributed by atoms with Crippen LogP contribution in [0.3, 0.4) is 0 Å². The van der Waals surface area contributed by atoms with Crippen LogP contribution in [0.15, 0.2) is 35.8 Å². The molecule has 1 unspecified atom stereocenters. The fourth-order valence-corrected chi connectivity index (χ4v) is 4.45. The van der Waals surface area contributed by atoms with Gasteiger partial charge in [-0.3, -0.25) is 0 Å². The third-order valence-electron chi connectivity index (χ3n) is 4.81. The van der Waals surface area contributed by atoms with E-state index in [0.717, 1.165) is 44.0 Å². The minimum Gasteiger partial charge on any atom is -0.357 e. The number of likely N-dealkylation sites (tertiary alicyclic amines) is 1. The molecule has 0 aromatic carbocycles. The molecule has 2 aliphatic heterocycles. The Hall–Kier alpha value is -2.08. The van der Waals surface area contributed by atoms with E-state index in [1.54, 1.807) is 17.5 Å². The molecule has 2 fully saturated rings. The highest BCUT2D eigenvalue weighted by molar-refractivity contribution is 7.10. The molecule has 4 rings (SSSR count). The molecule has 2 aromatic heterocycles. The molecule has 4 heterocycles. The first-order valence-electron chi connectivity index (χ1n) is 8.63. The summed E-state index contributed by atoms with van der Waals surface area (Å²) in [6, 6.07) is 8.31. The van der Waals surface area contributed by atoms with Crippen molar-refractivity contribution in [3.05, 3.63) is 40.7 Å². The van der Waals surface area contributed by atoms with Crippen LogP contribution in [-0.4, -0.2) is 35.5 Å². The van der Waals surface area contributed by atoms with Gasteiger partial charge in [0.15, 0.2) is 0 Å². The average Bonchev–Trinajstić information content (AvgIpc) is 3.35. The van der Waals surface area contributed by atoms with E-state index in [2.05, 4.69) is 32.7 Å². The van der Waals surface area contributed by atoms with E-state index in [-0.39, 0.29) is 12.1 Å². The predicted octanol–water partition coefficient (Wildman–Crippen LogP) is 4.11. The van der Waals surface area contributed by atoms with Gasteiger partial charge in [-0.15, -0.1) is 11.3 Å². The first kappa shape index (κ1) is 15.4. The highest BCUT2D eigenvalue weighted by Gasteiger charge is 2.30. The van der Waals surface area contributed by atoms with Gasteiger partial charge in [0.05, 0.1) is 17.9 Å². The molecule has 2 aliphatic rings. The SMILES string of the molecule is O=C(Nc1ccc(N2CCCC2)nc1)N1CCCC1c1cccs1. The smallest absolute Gasteiger partial charge is 0.322 e. The first-order chi connectivity index (χ1) is 11.8. The van der Waals surface area contributed by atoms with Gasteiger partial charge in [-0.25, -0.2) is 9.78 Å². The Morgan fingerprint density at radius 1 is 1.17 bits per heavy atom. The predicted molar refractivity (Wildman–Crippen MR) is 97.7 cm³/mol. The number of hydrogen-bond donors (Lipinski definition) is 1. The minimum atomic E-state index is -0.0263. The Bertz CT molecular complexity index is 680. The van der Waals surface area contributed by atoms with Crippen molar-refractivity contribution >= 4 is 28.9 Å². The molecule has 6 heteroatoms. The number of carbonyl (C=O) groups excluding carboxylic acids is 1. The number of amides is 2. The maximum atomic E-state index is 12.6. The number of aromatic nitrogens is 1. The Balaban J connectivity index is 1.42. The van der Waals surface area contributed by atoms with Crippen LogP contribution < -0.4 is 10.2 Å². The molecule has 1 atom stereocenters. The molecule has 1 N–H and O–H groups in total. The van der Waals surface area contributed by atoms with Crippen molar-refractivity contribution < 1.29 is 4.79 Å². The van der Waals surface area contributed by atoms with Gasteiger partial charge in [0.1, 0.15) is 5.82 Å². The van der Waals surface area contributed by atoms with Crippen LogP contribution in [0.4, 0.5) is 16.3 Å². The first-order valence-corrected chi connectivity index (χ1v) is 9.51. The summed E-state index contributed by atoms with van der Waals surface area (Å²) in [4.78, 5) is 22.7. The number of pyridine rings is 1. The lowest BCUT2D eigenvalue weighted by molar-refractivity contribution is 0.208. The largest absolute Gasteiger partial charge is 0.357 e. The average molecular weight is 342 g/mol. The molecule has 126 valence electrons. The van der Waals surface area contributed by atoms with Crippen molar-refractivity contribution in [2.75, 3.05) is 29.9 Å². The summed E-state index contributed by atoms with van der Waals surface area (Å²) >= 11 is 1.72. The van der Waals surface area contributed by atoms with E-state index < -0.39 is 0 Å². The molecule has 24 heavy (non-hydrogen) atoms. The number of carbonyl (C=O) groups is 1. The van der Waals surface area contributed by atoms with Crippen molar-refractivity contribution in [1.29, 1.82) is 0 Å². The Labute approximate surface area is 146 Å². The number of nitrogens with zero attached hydrogens (tertiary/aromatic N) is 3. The molecule has 0 bridgehead atoms. The number of anilines is 2. The van der Waals surface area contributed by atoms with E-state index in [9.17, 15) is 4.79 Å². The van der Waals surface area contributed by atoms with Crippen LogP contribution in [0.2, 0.25) is 0 Å². The molecular weight excluding hydrogens is 320 g/mol. The lowest BCUT2D eigenvalue weighted by Gasteiger charge is -2.24. The van der Waals surface area contributed by atoms with Crippen molar-refractivity contribution in [1.82, 2.24) is 9.88 Å². The van der Waals surface area contributed by atoms with E-state index in [4.69, 9.17) is 0 Å². The zero-order chi connectivity index (χ0) is 16.4. The van der Waals surface area contributed by atoms with Crippen LogP contribution in [0.5, 0.6) is 0 Å². The van der Waals surface area contributed by atoms with Crippen molar-refractivity contribution in [3.8, 4) is 0 Å². The van der Waals surface area contributed by atoms with Crippen LogP contribution in [0.25, 0.3) is 0 Å². The Kier molecular flexibility index (Phi) is 4.38. The standard InChI is InChI=1S/C18H22N4OS/c23-18(22-11-3-5-15(22)16-6-4-12-24-16)20-14-7-8-17(19-13-14)21-9-1-2-10-21/h4,6-8,12-13,15H,1-3,5,9-11H2,(H,20,23). The summed E-state index contributed by atoms with van der Waals surface area (Å²) in [5.41, 5.74) is 0.764. The van der Waals surface area contributed by atoms with E-state index in [0.29, 0.717) is 0 Å². The maximum Gasteiger partial charge on any atom is 0.322 e. The highest BCUT2D eigenvalue weighted by atomic mass is 32.1. The fourth-order valence-electron chi connectivity index (χ4n) is 3.58. The maximum absolute atomic E-state index is 12.6. The van der Waals surface area contributed by atoms with Gasteiger partial charge in [-0.1, -0.05) is 6.07 Å². The molecule has 2 aromatic rings. The van der Waals surface area contributed by atoms with Crippen LogP contribution in [0.1, 0.15) is 36.6 Å². The van der Waals surface area contributed by atoms with Crippen LogP contribution in [0, 0.1) is 0 Å². The zero-order valence-corrected chi connectivity index (χ0v) is 14.5. The topological polar surface area (TPSA) is 48.5 Å². The molecule has 0 radical (unpaired) electrons.